The van der Waals surface area contributed by atoms with Crippen LogP contribution in [0.15, 0.2) is 22.3 Å². The number of nitrogens with two attached hydrogens (primary N) is 1. The second-order valence-electron chi connectivity index (χ2n) is 3.35. The van der Waals surface area contributed by atoms with Crippen LogP contribution in [0.4, 0.5) is 0 Å². The first kappa shape index (κ1) is 8.51. The second kappa shape index (κ2) is 3.34. The van der Waals surface area contributed by atoms with Gasteiger partial charge in [-0.1, -0.05) is 6.08 Å². The van der Waals surface area contributed by atoms with E-state index in [1.807, 2.05) is 7.05 Å². The number of likely N-dealkylation sites (N-methyl/N-ethyl adjacent to an activating group) is 1. The lowest BCUT2D eigenvalue weighted by molar-refractivity contribution is 0.263. The quantitative estimate of drug-likeness (QED) is 0.577. The van der Waals surface area contributed by atoms with Crippen molar-refractivity contribution in [3.05, 3.63) is 17.3 Å². The molecule has 0 bridgehead atoms. The average molecular weight is 178 g/mol. The molecule has 0 spiro atoms. The molecule has 0 aromatic heterocycles. The van der Waals surface area contributed by atoms with Crippen LogP contribution < -0.4 is 11.2 Å². The summed E-state index contributed by atoms with van der Waals surface area (Å²) in [6.07, 6.45) is 3.19. The van der Waals surface area contributed by atoms with Gasteiger partial charge in [-0.2, -0.15) is 0 Å². The molecule has 0 saturated carbocycles. The van der Waals surface area contributed by atoms with Crippen LogP contribution in [0.25, 0.3) is 0 Å². The van der Waals surface area contributed by atoms with E-state index in [1.165, 1.54) is 5.57 Å². The van der Waals surface area contributed by atoms with E-state index in [9.17, 15) is 0 Å². The average Bonchev–Trinajstić information content (AvgIpc) is 2.52. The predicted molar refractivity (Wildman–Crippen MR) is 52.3 cm³/mol. The van der Waals surface area contributed by atoms with Crippen LogP contribution in [0.5, 0.6) is 0 Å². The standard InChI is InChI=1S/C9H14N4/c1-13-9(3-5-12-13)7-2-4-11-6-8(7)10/h2,9,12H,3-5,10H2,1H3. The maximum atomic E-state index is 5.81. The molecule has 0 amide bonds. The lowest BCUT2D eigenvalue weighted by atomic mass is 10.0. The molecule has 3 N–H and O–H groups in total. The molecular formula is C9H14N4. The van der Waals surface area contributed by atoms with E-state index in [-0.39, 0.29) is 0 Å². The fourth-order valence-electron chi connectivity index (χ4n) is 1.81. The van der Waals surface area contributed by atoms with Gasteiger partial charge in [0.25, 0.3) is 0 Å². The molecule has 1 atom stereocenters. The monoisotopic (exact) mass is 178 g/mol. The van der Waals surface area contributed by atoms with Gasteiger partial charge in [-0.05, 0) is 6.42 Å². The largest absolute Gasteiger partial charge is 0.391 e. The summed E-state index contributed by atoms with van der Waals surface area (Å²) in [6.45, 7) is 1.73. The summed E-state index contributed by atoms with van der Waals surface area (Å²) in [5.74, 6) is 2.83. The first-order valence-electron chi connectivity index (χ1n) is 4.50. The van der Waals surface area contributed by atoms with E-state index < -0.39 is 0 Å². The van der Waals surface area contributed by atoms with Crippen molar-refractivity contribution in [2.75, 3.05) is 20.1 Å². The third-order valence-electron chi connectivity index (χ3n) is 2.52. The molecule has 2 rings (SSSR count). The number of rotatable bonds is 1. The lowest BCUT2D eigenvalue weighted by Crippen LogP contribution is -2.35. The van der Waals surface area contributed by atoms with Crippen molar-refractivity contribution >= 4 is 5.87 Å². The molecule has 4 heteroatoms. The fourth-order valence-corrected chi connectivity index (χ4v) is 1.81. The highest BCUT2D eigenvalue weighted by Gasteiger charge is 2.26. The molecule has 0 aromatic carbocycles. The van der Waals surface area contributed by atoms with Gasteiger partial charge in [-0.25, -0.2) is 10.0 Å². The van der Waals surface area contributed by atoms with E-state index in [0.717, 1.165) is 13.0 Å². The number of hydrogen-bond acceptors (Lipinski definition) is 4. The first-order valence-corrected chi connectivity index (χ1v) is 4.50. The summed E-state index contributed by atoms with van der Waals surface area (Å²) in [6, 6.07) is 0.392. The van der Waals surface area contributed by atoms with Crippen molar-refractivity contribution in [1.82, 2.24) is 10.4 Å². The lowest BCUT2D eigenvalue weighted by Gasteiger charge is -2.22. The Morgan fingerprint density at radius 3 is 3.23 bits per heavy atom. The Morgan fingerprint density at radius 2 is 2.62 bits per heavy atom. The van der Waals surface area contributed by atoms with Gasteiger partial charge in [0.15, 0.2) is 0 Å². The topological polar surface area (TPSA) is 53.6 Å². The van der Waals surface area contributed by atoms with Crippen LogP contribution in [0.3, 0.4) is 0 Å². The van der Waals surface area contributed by atoms with Crippen LogP contribution >= 0.6 is 0 Å². The van der Waals surface area contributed by atoms with Crippen LogP contribution in [0.1, 0.15) is 6.42 Å². The molecule has 4 nitrogen and oxygen atoms in total. The highest BCUT2D eigenvalue weighted by molar-refractivity contribution is 5.66. The molecule has 0 aromatic rings. The fraction of sp³-hybridized carbons (Fsp3) is 0.556. The Morgan fingerprint density at radius 1 is 1.77 bits per heavy atom. The van der Waals surface area contributed by atoms with Crippen molar-refractivity contribution < 1.29 is 0 Å². The molecule has 0 aliphatic carbocycles. The molecule has 2 aliphatic rings. The van der Waals surface area contributed by atoms with Crippen LogP contribution in [-0.4, -0.2) is 37.1 Å². The summed E-state index contributed by atoms with van der Waals surface area (Å²) in [4.78, 5) is 3.98. The van der Waals surface area contributed by atoms with E-state index in [4.69, 9.17) is 5.73 Å². The van der Waals surface area contributed by atoms with Crippen molar-refractivity contribution in [2.24, 2.45) is 10.7 Å². The van der Waals surface area contributed by atoms with Gasteiger partial charge < -0.3 is 5.73 Å². The molecule has 0 radical (unpaired) electrons. The third kappa shape index (κ3) is 1.52. The minimum Gasteiger partial charge on any atom is -0.391 e. The summed E-state index contributed by atoms with van der Waals surface area (Å²) in [5, 5.41) is 2.10. The molecule has 2 heterocycles. The predicted octanol–water partition coefficient (Wildman–Crippen LogP) is -0.353. The zero-order valence-electron chi connectivity index (χ0n) is 7.75. The van der Waals surface area contributed by atoms with Gasteiger partial charge in [0.2, 0.25) is 0 Å². The minimum absolute atomic E-state index is 0.392. The Kier molecular flexibility index (Phi) is 2.19. The molecule has 2 aliphatic heterocycles. The van der Waals surface area contributed by atoms with E-state index in [0.29, 0.717) is 18.3 Å². The Hall–Kier alpha value is -1.09. The van der Waals surface area contributed by atoms with Crippen LogP contribution in [0.2, 0.25) is 0 Å². The van der Waals surface area contributed by atoms with Gasteiger partial charge in [0.05, 0.1) is 18.3 Å². The van der Waals surface area contributed by atoms with Crippen molar-refractivity contribution in [1.29, 1.82) is 0 Å². The Balaban J connectivity index is 2.21. The van der Waals surface area contributed by atoms with Crippen LogP contribution in [-0.2, 0) is 0 Å². The van der Waals surface area contributed by atoms with Gasteiger partial charge in [0, 0.05) is 25.0 Å². The highest BCUT2D eigenvalue weighted by atomic mass is 15.5. The zero-order valence-corrected chi connectivity index (χ0v) is 7.75. The van der Waals surface area contributed by atoms with Gasteiger partial charge >= 0.3 is 0 Å². The molecule has 1 unspecified atom stereocenters. The summed E-state index contributed by atoms with van der Waals surface area (Å²) in [5.41, 5.74) is 10.9. The smallest absolute Gasteiger partial charge is 0.0985 e. The normalized spacial score (nSPS) is 28.8. The highest BCUT2D eigenvalue weighted by Crippen LogP contribution is 2.20. The molecule has 1 fully saturated rings. The Labute approximate surface area is 77.8 Å². The molecule has 13 heavy (non-hydrogen) atoms. The SMILES string of the molecule is CN1NCCC1C1=CCN=C=C1N. The van der Waals surface area contributed by atoms with Gasteiger partial charge in [-0.15, -0.1) is 0 Å². The minimum atomic E-state index is 0.392. The zero-order chi connectivity index (χ0) is 9.26. The maximum Gasteiger partial charge on any atom is 0.0985 e. The number of hydrazine groups is 1. The summed E-state index contributed by atoms with van der Waals surface area (Å²) >= 11 is 0. The number of nitrogens with one attached hydrogen (secondary N) is 1. The number of hydrogen-bond donors (Lipinski definition) is 2. The third-order valence-corrected chi connectivity index (χ3v) is 2.52. The molecule has 1 saturated heterocycles. The van der Waals surface area contributed by atoms with Crippen LogP contribution in [0, 0.1) is 0 Å². The van der Waals surface area contributed by atoms with Crippen molar-refractivity contribution in [3.8, 4) is 0 Å². The van der Waals surface area contributed by atoms with E-state index >= 15 is 0 Å². The van der Waals surface area contributed by atoms with Crippen molar-refractivity contribution in [3.63, 3.8) is 0 Å². The number of nitrogens with zero attached hydrogens (tertiary/aromatic N) is 2. The van der Waals surface area contributed by atoms with Gasteiger partial charge in [-0.3, -0.25) is 5.43 Å². The molecule has 70 valence electrons. The summed E-state index contributed by atoms with van der Waals surface area (Å²) < 4.78 is 0. The molecular weight excluding hydrogens is 164 g/mol. The van der Waals surface area contributed by atoms with Gasteiger partial charge in [0.1, 0.15) is 0 Å². The van der Waals surface area contributed by atoms with Crippen molar-refractivity contribution in [2.45, 2.75) is 12.5 Å². The van der Waals surface area contributed by atoms with E-state index in [2.05, 4.69) is 27.4 Å². The second-order valence-corrected chi connectivity index (χ2v) is 3.35. The van der Waals surface area contributed by atoms with E-state index in [1.54, 1.807) is 0 Å². The summed E-state index contributed by atoms with van der Waals surface area (Å²) in [7, 11) is 2.04. The number of aliphatic imine (C=N–C) groups is 1. The first-order chi connectivity index (χ1) is 6.29. The maximum absolute atomic E-state index is 5.81. The Bertz CT molecular complexity index is 299.